The second-order valence-electron chi connectivity index (χ2n) is 3.16. The van der Waals surface area contributed by atoms with E-state index in [0.717, 1.165) is 12.1 Å². The van der Waals surface area contributed by atoms with Gasteiger partial charge in [-0.1, -0.05) is 0 Å². The third-order valence-electron chi connectivity index (χ3n) is 2.10. The predicted octanol–water partition coefficient (Wildman–Crippen LogP) is -1.84. The van der Waals surface area contributed by atoms with Crippen LogP contribution in [0.25, 0.3) is 0 Å². The van der Waals surface area contributed by atoms with Crippen molar-refractivity contribution in [1.29, 1.82) is 0 Å². The summed E-state index contributed by atoms with van der Waals surface area (Å²) in [6.45, 7) is 0. The molecule has 18 heavy (non-hydrogen) atoms. The van der Waals surface area contributed by atoms with Crippen LogP contribution < -0.4 is 16.6 Å². The van der Waals surface area contributed by atoms with E-state index < -0.39 is 45.1 Å². The third-order valence-corrected chi connectivity index (χ3v) is 2.10. The maximum Gasteiger partial charge on any atom is 0.279 e. The Kier molecular flexibility index (Phi) is 3.27. The van der Waals surface area contributed by atoms with Crippen molar-refractivity contribution in [2.75, 3.05) is 0 Å². The Hall–Kier alpha value is -2.97. The number of carbonyl (C=O) groups excluding carboxylic acids is 3. The van der Waals surface area contributed by atoms with Crippen molar-refractivity contribution >= 4 is 23.5 Å². The Labute approximate surface area is 99.1 Å². The Morgan fingerprint density at radius 2 is 1.61 bits per heavy atom. The highest BCUT2D eigenvalue weighted by Crippen LogP contribution is 2.24. The molecule has 0 saturated heterocycles. The topological polar surface area (TPSA) is 169 Å². The molecule has 9 nitrogen and oxygen atoms in total. The summed E-state index contributed by atoms with van der Waals surface area (Å²) in [5.41, 5.74) is 6.49. The van der Waals surface area contributed by atoms with E-state index >= 15 is 0 Å². The van der Waals surface area contributed by atoms with Crippen molar-refractivity contribution in [1.82, 2.24) is 0 Å². The molecule has 9 heteroatoms. The van der Waals surface area contributed by atoms with E-state index in [1.165, 1.54) is 0 Å². The van der Waals surface area contributed by atoms with Crippen LogP contribution in [0.2, 0.25) is 0 Å². The Balaban J connectivity index is 3.82. The summed E-state index contributed by atoms with van der Waals surface area (Å²) in [5, 5.41) is 21.5. The van der Waals surface area contributed by atoms with Gasteiger partial charge in [-0.25, -0.2) is 0 Å². The van der Waals surface area contributed by atoms with E-state index in [1.807, 2.05) is 0 Å². The number of nitrogens with zero attached hydrogens (tertiary/aromatic N) is 1. The normalized spacial score (nSPS) is 9.78. The van der Waals surface area contributed by atoms with Gasteiger partial charge in [-0.05, 0) is 6.07 Å². The van der Waals surface area contributed by atoms with Crippen LogP contribution in [0.1, 0.15) is 31.1 Å². The molecule has 4 N–H and O–H groups in total. The average molecular weight is 252 g/mol. The van der Waals surface area contributed by atoms with Gasteiger partial charge < -0.3 is 21.4 Å². The van der Waals surface area contributed by atoms with Gasteiger partial charge in [-0.3, -0.25) is 19.7 Å². The minimum Gasteiger partial charge on any atom is -0.545 e. The summed E-state index contributed by atoms with van der Waals surface area (Å²) >= 11 is 0. The van der Waals surface area contributed by atoms with Crippen molar-refractivity contribution in [3.8, 4) is 0 Å². The summed E-state index contributed by atoms with van der Waals surface area (Å²) in [7, 11) is 0. The van der Waals surface area contributed by atoms with E-state index in [0.29, 0.717) is 0 Å². The zero-order valence-electron chi connectivity index (χ0n) is 8.71. The largest absolute Gasteiger partial charge is 0.545 e. The molecule has 0 unspecified atom stereocenters. The molecular formula is C9H6N3O6-. The SMILES string of the molecule is NC(=O)c1ccc([N+](=O)[O-])c(C(=O)[O-])c1C(N)=O. The molecule has 2 amide bonds. The molecule has 0 heterocycles. The number of aromatic carboxylic acids is 1. The molecule has 1 aromatic carbocycles. The van der Waals surface area contributed by atoms with Crippen LogP contribution in [0.3, 0.4) is 0 Å². The Morgan fingerprint density at radius 1 is 1.06 bits per heavy atom. The molecule has 0 aliphatic carbocycles. The van der Waals surface area contributed by atoms with Gasteiger partial charge in [0.25, 0.3) is 5.69 Å². The highest BCUT2D eigenvalue weighted by atomic mass is 16.6. The number of carbonyl (C=O) groups is 3. The monoisotopic (exact) mass is 252 g/mol. The van der Waals surface area contributed by atoms with Gasteiger partial charge in [-0.2, -0.15) is 0 Å². The van der Waals surface area contributed by atoms with Crippen LogP contribution in [-0.4, -0.2) is 22.7 Å². The lowest BCUT2D eigenvalue weighted by molar-refractivity contribution is -0.385. The maximum absolute atomic E-state index is 11.1. The van der Waals surface area contributed by atoms with E-state index in [2.05, 4.69) is 0 Å². The lowest BCUT2D eigenvalue weighted by atomic mass is 9.98. The van der Waals surface area contributed by atoms with Gasteiger partial charge in [0, 0.05) is 6.07 Å². The average Bonchev–Trinajstić information content (AvgIpc) is 2.26. The highest BCUT2D eigenvalue weighted by Gasteiger charge is 2.26. The molecule has 0 aliphatic rings. The van der Waals surface area contributed by atoms with Gasteiger partial charge in [0.05, 0.1) is 27.6 Å². The molecule has 0 radical (unpaired) electrons. The third kappa shape index (κ3) is 2.09. The number of nitrogens with two attached hydrogens (primary N) is 2. The minimum atomic E-state index is -2.00. The number of carboxylic acid groups (broad SMARTS) is 1. The van der Waals surface area contributed by atoms with Gasteiger partial charge in [-0.15, -0.1) is 0 Å². The second-order valence-corrected chi connectivity index (χ2v) is 3.16. The lowest BCUT2D eigenvalue weighted by Crippen LogP contribution is -2.30. The standard InChI is InChI=1S/C9H7N3O6/c10-7(13)3-1-2-4(12(17)18)6(9(15)16)5(3)8(11)14/h1-2H,(H2,10,13)(H2,11,14)(H,15,16)/p-1. The first-order valence-electron chi connectivity index (χ1n) is 4.39. The highest BCUT2D eigenvalue weighted by molar-refractivity contribution is 6.13. The van der Waals surface area contributed by atoms with E-state index in [1.54, 1.807) is 0 Å². The van der Waals surface area contributed by atoms with E-state index in [9.17, 15) is 29.6 Å². The van der Waals surface area contributed by atoms with Crippen LogP contribution in [0.4, 0.5) is 5.69 Å². The molecule has 0 spiro atoms. The summed E-state index contributed by atoms with van der Waals surface area (Å²) in [6, 6.07) is 1.59. The summed E-state index contributed by atoms with van der Waals surface area (Å²) in [4.78, 5) is 42.6. The van der Waals surface area contributed by atoms with Crippen molar-refractivity contribution in [2.24, 2.45) is 11.5 Å². The van der Waals surface area contributed by atoms with Crippen LogP contribution in [0.15, 0.2) is 12.1 Å². The number of nitro groups is 1. The fourth-order valence-electron chi connectivity index (χ4n) is 1.41. The van der Waals surface area contributed by atoms with Gasteiger partial charge in [0.1, 0.15) is 0 Å². The first kappa shape index (κ1) is 13.1. The molecule has 0 atom stereocenters. The Morgan fingerprint density at radius 3 is 1.94 bits per heavy atom. The Bertz CT molecular complexity index is 529. The van der Waals surface area contributed by atoms with Crippen LogP contribution in [-0.2, 0) is 0 Å². The van der Waals surface area contributed by atoms with Gasteiger partial charge in [0.2, 0.25) is 11.8 Å². The zero-order valence-corrected chi connectivity index (χ0v) is 8.71. The lowest BCUT2D eigenvalue weighted by Gasteiger charge is -2.11. The molecule has 1 rings (SSSR count). The minimum absolute atomic E-state index is 0.521. The smallest absolute Gasteiger partial charge is 0.279 e. The number of carboxylic acids is 1. The molecule has 0 fully saturated rings. The fraction of sp³-hybridized carbons (Fsp3) is 0. The molecule has 0 bridgehead atoms. The number of amides is 2. The van der Waals surface area contributed by atoms with Crippen LogP contribution in [0, 0.1) is 10.1 Å². The second kappa shape index (κ2) is 4.49. The van der Waals surface area contributed by atoms with E-state index in [4.69, 9.17) is 11.5 Å². The summed E-state index contributed by atoms with van der Waals surface area (Å²) < 4.78 is 0. The number of hydrogen-bond acceptors (Lipinski definition) is 6. The number of rotatable bonds is 4. The maximum atomic E-state index is 11.1. The molecule has 0 aliphatic heterocycles. The first-order chi connectivity index (χ1) is 8.27. The first-order valence-corrected chi connectivity index (χ1v) is 4.39. The number of benzene rings is 1. The van der Waals surface area contributed by atoms with E-state index in [-0.39, 0.29) is 0 Å². The van der Waals surface area contributed by atoms with Crippen molar-refractivity contribution in [3.63, 3.8) is 0 Å². The quantitative estimate of drug-likeness (QED) is 0.470. The van der Waals surface area contributed by atoms with Crippen molar-refractivity contribution in [3.05, 3.63) is 38.9 Å². The van der Waals surface area contributed by atoms with Gasteiger partial charge in [0.15, 0.2) is 0 Å². The zero-order chi connectivity index (χ0) is 14.0. The number of nitro benzene ring substituents is 1. The number of hydrogen-bond donors (Lipinski definition) is 2. The predicted molar refractivity (Wildman–Crippen MR) is 54.5 cm³/mol. The molecule has 1 aromatic rings. The molecule has 0 aromatic heterocycles. The van der Waals surface area contributed by atoms with Crippen LogP contribution in [0.5, 0.6) is 0 Å². The van der Waals surface area contributed by atoms with Crippen molar-refractivity contribution < 1.29 is 24.4 Å². The molecule has 0 saturated carbocycles. The summed E-state index contributed by atoms with van der Waals surface area (Å²) in [6.07, 6.45) is 0. The van der Waals surface area contributed by atoms with Crippen LogP contribution >= 0.6 is 0 Å². The number of primary amides is 2. The van der Waals surface area contributed by atoms with Gasteiger partial charge >= 0.3 is 0 Å². The summed E-state index contributed by atoms with van der Waals surface area (Å²) in [5.74, 6) is -4.47. The molecular weight excluding hydrogens is 246 g/mol. The molecule has 94 valence electrons. The van der Waals surface area contributed by atoms with Crippen molar-refractivity contribution in [2.45, 2.75) is 0 Å². The fourth-order valence-corrected chi connectivity index (χ4v) is 1.41.